The average Bonchev–Trinajstić information content (AvgIpc) is 2.47. The van der Waals surface area contributed by atoms with E-state index < -0.39 is 0 Å². The Balaban J connectivity index is 2.41. The number of rotatable bonds is 4. The topological polar surface area (TPSA) is 46.3 Å². The van der Waals surface area contributed by atoms with Crippen molar-refractivity contribution in [1.29, 1.82) is 0 Å². The lowest BCUT2D eigenvalue weighted by Crippen LogP contribution is -2.36. The number of hydrogen-bond acceptors (Lipinski definition) is 2. The molecule has 0 fully saturated rings. The summed E-state index contributed by atoms with van der Waals surface area (Å²) in [6, 6.07) is 12.0. The summed E-state index contributed by atoms with van der Waals surface area (Å²) in [5.41, 5.74) is 7.20. The zero-order chi connectivity index (χ0) is 14.7. The Bertz CT molecular complexity index is 617. The molecule has 0 saturated heterocycles. The van der Waals surface area contributed by atoms with E-state index in [2.05, 4.69) is 13.8 Å². The molecule has 0 radical (unpaired) electrons. The number of hydrogen-bond donors (Lipinski definition) is 1. The van der Waals surface area contributed by atoms with E-state index in [1.165, 1.54) is 0 Å². The molecule has 0 bridgehead atoms. The first-order chi connectivity index (χ1) is 9.58. The maximum Gasteiger partial charge on any atom is 0.255 e. The van der Waals surface area contributed by atoms with E-state index >= 15 is 0 Å². The first-order valence-corrected chi connectivity index (χ1v) is 7.13. The Morgan fingerprint density at radius 3 is 2.25 bits per heavy atom. The number of anilines is 1. The van der Waals surface area contributed by atoms with Crippen LogP contribution >= 0.6 is 0 Å². The van der Waals surface area contributed by atoms with E-state index in [9.17, 15) is 4.79 Å². The number of nitrogens with zero attached hydrogens (tertiary/aromatic N) is 1. The molecular weight excluding hydrogens is 248 g/mol. The first-order valence-electron chi connectivity index (χ1n) is 7.13. The highest BCUT2D eigenvalue weighted by Crippen LogP contribution is 2.24. The fourth-order valence-electron chi connectivity index (χ4n) is 2.64. The normalized spacial score (nSPS) is 11.0. The van der Waals surface area contributed by atoms with Crippen LogP contribution in [0.25, 0.3) is 10.8 Å². The van der Waals surface area contributed by atoms with Gasteiger partial charge in [0, 0.05) is 18.8 Å². The molecule has 0 unspecified atom stereocenters. The van der Waals surface area contributed by atoms with Crippen LogP contribution in [0.15, 0.2) is 36.4 Å². The third-order valence-electron chi connectivity index (χ3n) is 3.96. The molecule has 106 valence electrons. The molecule has 3 nitrogen and oxygen atoms in total. The molecule has 1 amide bonds. The van der Waals surface area contributed by atoms with Crippen molar-refractivity contribution in [1.82, 2.24) is 4.90 Å². The standard InChI is InChI=1S/C17H22N2O/c1-4-14(5-2)19(3)17(20)15-10-12-8-6-7-9-13(12)11-16(15)18/h6-11,14H,4-5,18H2,1-3H3. The Morgan fingerprint density at radius 1 is 1.15 bits per heavy atom. The molecule has 0 aliphatic rings. The summed E-state index contributed by atoms with van der Waals surface area (Å²) in [4.78, 5) is 14.4. The molecule has 0 aliphatic carbocycles. The minimum Gasteiger partial charge on any atom is -0.398 e. The molecule has 0 aromatic heterocycles. The van der Waals surface area contributed by atoms with Crippen LogP contribution in [-0.4, -0.2) is 23.9 Å². The summed E-state index contributed by atoms with van der Waals surface area (Å²) in [6.45, 7) is 4.20. The second-order valence-corrected chi connectivity index (χ2v) is 5.17. The summed E-state index contributed by atoms with van der Waals surface area (Å²) in [7, 11) is 1.86. The van der Waals surface area contributed by atoms with Gasteiger partial charge in [0.1, 0.15) is 0 Å². The van der Waals surface area contributed by atoms with Crippen molar-refractivity contribution < 1.29 is 4.79 Å². The predicted octanol–water partition coefficient (Wildman–Crippen LogP) is 3.68. The summed E-state index contributed by atoms with van der Waals surface area (Å²) < 4.78 is 0. The minimum atomic E-state index is 0.00181. The molecule has 20 heavy (non-hydrogen) atoms. The van der Waals surface area contributed by atoms with Gasteiger partial charge in [0.25, 0.3) is 5.91 Å². The molecule has 0 saturated carbocycles. The second-order valence-electron chi connectivity index (χ2n) is 5.17. The Kier molecular flexibility index (Phi) is 4.28. The Labute approximate surface area is 120 Å². The molecule has 3 heteroatoms. The van der Waals surface area contributed by atoms with Crippen molar-refractivity contribution in [3.05, 3.63) is 42.0 Å². The number of nitrogens with two attached hydrogens (primary N) is 1. The van der Waals surface area contributed by atoms with E-state index in [-0.39, 0.29) is 11.9 Å². The SMILES string of the molecule is CCC(CC)N(C)C(=O)c1cc2ccccc2cc1N. The molecule has 2 N–H and O–H groups in total. The molecule has 2 rings (SSSR count). The number of nitrogen functional groups attached to an aromatic ring is 1. The summed E-state index contributed by atoms with van der Waals surface area (Å²) >= 11 is 0. The maximum atomic E-state index is 12.6. The van der Waals surface area contributed by atoms with E-state index in [0.29, 0.717) is 11.3 Å². The first kappa shape index (κ1) is 14.4. The van der Waals surface area contributed by atoms with Crippen LogP contribution in [0.1, 0.15) is 37.0 Å². The molecule has 0 atom stereocenters. The fraction of sp³-hybridized carbons (Fsp3) is 0.353. The molecule has 2 aromatic rings. The van der Waals surface area contributed by atoms with Crippen LogP contribution in [0.2, 0.25) is 0 Å². The van der Waals surface area contributed by atoms with E-state index in [0.717, 1.165) is 23.6 Å². The molecule has 0 aliphatic heterocycles. The summed E-state index contributed by atoms with van der Waals surface area (Å²) in [5, 5.41) is 2.11. The second kappa shape index (κ2) is 5.95. The summed E-state index contributed by atoms with van der Waals surface area (Å²) in [5.74, 6) is 0.00181. The highest BCUT2D eigenvalue weighted by Gasteiger charge is 2.20. The van der Waals surface area contributed by atoms with Crippen molar-refractivity contribution in [2.24, 2.45) is 0 Å². The van der Waals surface area contributed by atoms with Gasteiger partial charge in [-0.25, -0.2) is 0 Å². The van der Waals surface area contributed by atoms with Gasteiger partial charge in [0.2, 0.25) is 0 Å². The van der Waals surface area contributed by atoms with Gasteiger partial charge < -0.3 is 10.6 Å². The number of fused-ring (bicyclic) bond motifs is 1. The predicted molar refractivity (Wildman–Crippen MR) is 84.8 cm³/mol. The lowest BCUT2D eigenvalue weighted by atomic mass is 10.0. The van der Waals surface area contributed by atoms with E-state index in [1.807, 2.05) is 43.4 Å². The van der Waals surface area contributed by atoms with Crippen LogP contribution in [0, 0.1) is 0 Å². The van der Waals surface area contributed by atoms with Crippen molar-refractivity contribution in [3.8, 4) is 0 Å². The minimum absolute atomic E-state index is 0.00181. The van der Waals surface area contributed by atoms with E-state index in [4.69, 9.17) is 5.73 Å². The average molecular weight is 270 g/mol. The van der Waals surface area contributed by atoms with Gasteiger partial charge in [0.05, 0.1) is 5.56 Å². The van der Waals surface area contributed by atoms with Crippen LogP contribution in [-0.2, 0) is 0 Å². The maximum absolute atomic E-state index is 12.6. The smallest absolute Gasteiger partial charge is 0.255 e. The van der Waals surface area contributed by atoms with Gasteiger partial charge in [0.15, 0.2) is 0 Å². The lowest BCUT2D eigenvalue weighted by Gasteiger charge is -2.27. The summed E-state index contributed by atoms with van der Waals surface area (Å²) in [6.07, 6.45) is 1.90. The monoisotopic (exact) mass is 270 g/mol. The lowest BCUT2D eigenvalue weighted by molar-refractivity contribution is 0.0725. The van der Waals surface area contributed by atoms with Gasteiger partial charge >= 0.3 is 0 Å². The zero-order valence-electron chi connectivity index (χ0n) is 12.4. The van der Waals surface area contributed by atoms with Crippen molar-refractivity contribution in [2.45, 2.75) is 32.7 Å². The van der Waals surface area contributed by atoms with Gasteiger partial charge in [-0.2, -0.15) is 0 Å². The zero-order valence-corrected chi connectivity index (χ0v) is 12.4. The van der Waals surface area contributed by atoms with Crippen molar-refractivity contribution in [3.63, 3.8) is 0 Å². The van der Waals surface area contributed by atoms with Crippen LogP contribution in [0.5, 0.6) is 0 Å². The molecule has 0 spiro atoms. The number of carbonyl (C=O) groups excluding carboxylic acids is 1. The third kappa shape index (κ3) is 2.62. The Morgan fingerprint density at radius 2 is 1.70 bits per heavy atom. The number of amides is 1. The van der Waals surface area contributed by atoms with Crippen LogP contribution < -0.4 is 5.73 Å². The largest absolute Gasteiger partial charge is 0.398 e. The van der Waals surface area contributed by atoms with Crippen LogP contribution in [0.3, 0.4) is 0 Å². The van der Waals surface area contributed by atoms with Crippen molar-refractivity contribution >= 4 is 22.4 Å². The quantitative estimate of drug-likeness (QED) is 0.861. The van der Waals surface area contributed by atoms with Gasteiger partial charge in [-0.05, 0) is 35.7 Å². The molecular formula is C17H22N2O. The van der Waals surface area contributed by atoms with Gasteiger partial charge in [-0.15, -0.1) is 0 Å². The van der Waals surface area contributed by atoms with Crippen molar-refractivity contribution in [2.75, 3.05) is 12.8 Å². The number of carbonyl (C=O) groups is 1. The Hall–Kier alpha value is -2.03. The van der Waals surface area contributed by atoms with Gasteiger partial charge in [-0.1, -0.05) is 38.1 Å². The fourth-order valence-corrected chi connectivity index (χ4v) is 2.64. The molecule has 0 heterocycles. The highest BCUT2D eigenvalue weighted by atomic mass is 16.2. The third-order valence-corrected chi connectivity index (χ3v) is 3.96. The molecule has 2 aromatic carbocycles. The number of benzene rings is 2. The van der Waals surface area contributed by atoms with Gasteiger partial charge in [-0.3, -0.25) is 4.79 Å². The highest BCUT2D eigenvalue weighted by molar-refractivity contribution is 6.03. The van der Waals surface area contributed by atoms with Crippen LogP contribution in [0.4, 0.5) is 5.69 Å². The van der Waals surface area contributed by atoms with E-state index in [1.54, 1.807) is 4.90 Å².